The van der Waals surface area contributed by atoms with Crippen molar-refractivity contribution in [2.75, 3.05) is 25.7 Å². The Morgan fingerprint density at radius 2 is 0.789 bits per heavy atom. The first-order valence-corrected chi connectivity index (χ1v) is 12.5. The number of hydrogen-bond donors (Lipinski definition) is 0. The molecule has 0 aliphatic rings. The van der Waals surface area contributed by atoms with Gasteiger partial charge < -0.3 is 0 Å². The first kappa shape index (κ1) is 19.4. The Kier molecular flexibility index (Phi) is 13.7. The van der Waals surface area contributed by atoms with Gasteiger partial charge in [0.05, 0.1) is 0 Å². The molecule has 0 spiro atoms. The van der Waals surface area contributed by atoms with Crippen LogP contribution in [0, 0.1) is 0 Å². The monoisotopic (exact) mass is 288 g/mol. The predicted octanol–water partition coefficient (Wildman–Crippen LogP) is 6.72. The Balaban J connectivity index is 3.36. The summed E-state index contributed by atoms with van der Waals surface area (Å²) in [6, 6.07) is 0. The van der Waals surface area contributed by atoms with Crippen molar-refractivity contribution in [1.82, 2.24) is 0 Å². The minimum atomic E-state index is -0.840. The fourth-order valence-electron chi connectivity index (χ4n) is 2.89. The maximum atomic E-state index is 2.62. The second kappa shape index (κ2) is 13.4. The summed E-state index contributed by atoms with van der Waals surface area (Å²) >= 11 is 0. The van der Waals surface area contributed by atoms with E-state index in [2.05, 4.69) is 27.2 Å². The summed E-state index contributed by atoms with van der Waals surface area (Å²) < 4.78 is 0. The van der Waals surface area contributed by atoms with Crippen molar-refractivity contribution >= 4 is 7.26 Å². The third-order valence-electron chi connectivity index (χ3n) is 4.41. The summed E-state index contributed by atoms with van der Waals surface area (Å²) in [6.07, 6.45) is 20.7. The second-order valence-corrected chi connectivity index (χ2v) is 12.5. The van der Waals surface area contributed by atoms with E-state index < -0.39 is 7.26 Å². The van der Waals surface area contributed by atoms with E-state index in [1.165, 1.54) is 77.0 Å². The van der Waals surface area contributed by atoms with E-state index in [0.29, 0.717) is 0 Å². The molecule has 0 aromatic rings. The minimum absolute atomic E-state index is 0.840. The third kappa shape index (κ3) is 14.6. The van der Waals surface area contributed by atoms with Crippen LogP contribution in [-0.4, -0.2) is 25.7 Å². The Bertz CT molecular complexity index is 157. The van der Waals surface area contributed by atoms with Gasteiger partial charge in [-0.3, -0.25) is 0 Å². The van der Waals surface area contributed by atoms with Crippen LogP contribution in [0.1, 0.15) is 90.9 Å². The van der Waals surface area contributed by atoms with E-state index in [1.807, 2.05) is 0 Å². The topological polar surface area (TPSA) is 0 Å². The fraction of sp³-hybridized carbons (Fsp3) is 1.00. The molecule has 0 N–H and O–H groups in total. The van der Waals surface area contributed by atoms with Gasteiger partial charge in [-0.1, -0.05) is 0 Å². The van der Waals surface area contributed by atoms with Crippen LogP contribution in [0.25, 0.3) is 0 Å². The molecular weight excluding hydrogens is 247 g/mol. The van der Waals surface area contributed by atoms with Gasteiger partial charge in [-0.2, -0.15) is 0 Å². The first-order valence-electron chi connectivity index (χ1n) is 9.12. The molecule has 0 aromatic carbocycles. The predicted molar refractivity (Wildman–Crippen MR) is 96.6 cm³/mol. The van der Waals surface area contributed by atoms with Gasteiger partial charge in [0.15, 0.2) is 0 Å². The standard InChI is InChI=1S/C18H41P/c1-5-7-9-11-13-15-17-19(3,4)18-16-14-12-10-8-6-2/h19H,5-18H2,1-4H3. The normalized spacial score (nSPS) is 12.8. The molecule has 1 heteroatoms. The first-order chi connectivity index (χ1) is 9.12. The van der Waals surface area contributed by atoms with Crippen LogP contribution >= 0.6 is 7.26 Å². The summed E-state index contributed by atoms with van der Waals surface area (Å²) in [5.74, 6) is 0. The van der Waals surface area contributed by atoms with Crippen LogP contribution in [0.5, 0.6) is 0 Å². The van der Waals surface area contributed by atoms with E-state index >= 15 is 0 Å². The molecule has 0 saturated heterocycles. The molecule has 0 aliphatic heterocycles. The van der Waals surface area contributed by atoms with Crippen molar-refractivity contribution in [2.24, 2.45) is 0 Å². The fourth-order valence-corrected chi connectivity index (χ4v) is 5.56. The molecule has 19 heavy (non-hydrogen) atoms. The molecular formula is C18H41P. The van der Waals surface area contributed by atoms with E-state index in [0.717, 1.165) is 0 Å². The Morgan fingerprint density at radius 3 is 1.16 bits per heavy atom. The summed E-state index contributed by atoms with van der Waals surface area (Å²) in [5.41, 5.74) is 0. The molecule has 0 fully saturated rings. The second-order valence-electron chi connectivity index (χ2n) is 7.20. The van der Waals surface area contributed by atoms with Crippen molar-refractivity contribution in [3.63, 3.8) is 0 Å². The molecule has 0 aromatic heterocycles. The number of unbranched alkanes of at least 4 members (excludes halogenated alkanes) is 10. The maximum absolute atomic E-state index is 2.62. The molecule has 0 heterocycles. The van der Waals surface area contributed by atoms with Gasteiger partial charge in [0.1, 0.15) is 0 Å². The van der Waals surface area contributed by atoms with Crippen LogP contribution < -0.4 is 0 Å². The van der Waals surface area contributed by atoms with Crippen LogP contribution in [0.15, 0.2) is 0 Å². The molecule has 0 atom stereocenters. The molecule has 0 aliphatic carbocycles. The average Bonchev–Trinajstić information content (AvgIpc) is 2.38. The Labute approximate surface area is 124 Å². The molecule has 118 valence electrons. The summed E-state index contributed by atoms with van der Waals surface area (Å²) in [6.45, 7) is 9.84. The summed E-state index contributed by atoms with van der Waals surface area (Å²) in [4.78, 5) is 0. The van der Waals surface area contributed by atoms with Crippen molar-refractivity contribution in [1.29, 1.82) is 0 Å². The van der Waals surface area contributed by atoms with E-state index in [9.17, 15) is 0 Å². The molecule has 0 bridgehead atoms. The van der Waals surface area contributed by atoms with Crippen LogP contribution in [-0.2, 0) is 0 Å². The molecule has 0 nitrogen and oxygen atoms in total. The average molecular weight is 289 g/mol. The molecule has 0 amide bonds. The van der Waals surface area contributed by atoms with E-state index in [1.54, 1.807) is 12.3 Å². The molecule has 0 unspecified atom stereocenters. The molecule has 0 saturated carbocycles. The van der Waals surface area contributed by atoms with E-state index in [-0.39, 0.29) is 0 Å². The zero-order valence-corrected chi connectivity index (χ0v) is 15.4. The van der Waals surface area contributed by atoms with Gasteiger partial charge in [-0.05, 0) is 0 Å². The van der Waals surface area contributed by atoms with Gasteiger partial charge in [-0.15, -0.1) is 0 Å². The quantitative estimate of drug-likeness (QED) is 0.246. The zero-order chi connectivity index (χ0) is 14.4. The third-order valence-corrected chi connectivity index (χ3v) is 7.83. The van der Waals surface area contributed by atoms with Crippen LogP contribution in [0.4, 0.5) is 0 Å². The number of hydrogen-bond acceptors (Lipinski definition) is 0. The number of rotatable bonds is 14. The molecule has 0 rings (SSSR count). The van der Waals surface area contributed by atoms with Crippen molar-refractivity contribution in [3.8, 4) is 0 Å². The Morgan fingerprint density at radius 1 is 0.474 bits per heavy atom. The SMILES string of the molecule is CCCCCCCC[PH](C)(C)CCCCCCCC. The summed E-state index contributed by atoms with van der Waals surface area (Å²) in [7, 11) is -0.840. The summed E-state index contributed by atoms with van der Waals surface area (Å²) in [5, 5.41) is 0. The van der Waals surface area contributed by atoms with Crippen molar-refractivity contribution in [2.45, 2.75) is 90.9 Å². The van der Waals surface area contributed by atoms with Gasteiger partial charge >= 0.3 is 124 Å². The van der Waals surface area contributed by atoms with Crippen LogP contribution in [0.3, 0.4) is 0 Å². The molecule has 0 radical (unpaired) electrons. The Hall–Kier alpha value is 0.430. The zero-order valence-electron chi connectivity index (χ0n) is 14.4. The van der Waals surface area contributed by atoms with Crippen LogP contribution in [0.2, 0.25) is 0 Å². The van der Waals surface area contributed by atoms with Gasteiger partial charge in [-0.25, -0.2) is 0 Å². The van der Waals surface area contributed by atoms with Crippen molar-refractivity contribution < 1.29 is 0 Å². The van der Waals surface area contributed by atoms with E-state index in [4.69, 9.17) is 0 Å². The van der Waals surface area contributed by atoms with Gasteiger partial charge in [0.25, 0.3) is 0 Å². The van der Waals surface area contributed by atoms with Crippen molar-refractivity contribution in [3.05, 3.63) is 0 Å². The van der Waals surface area contributed by atoms with Gasteiger partial charge in [0.2, 0.25) is 0 Å². The van der Waals surface area contributed by atoms with Gasteiger partial charge in [0, 0.05) is 0 Å².